The first kappa shape index (κ1) is 13.6. The number of aromatic nitrogens is 2. The number of hydrogen-bond donors (Lipinski definition) is 1. The molecule has 21 heavy (non-hydrogen) atoms. The number of anilines is 1. The highest BCUT2D eigenvalue weighted by Gasteiger charge is 2.25. The van der Waals surface area contributed by atoms with E-state index in [1.807, 2.05) is 0 Å². The molecule has 6 nitrogen and oxygen atoms in total. The minimum atomic E-state index is -0.228. The molecule has 0 saturated carbocycles. The van der Waals surface area contributed by atoms with Crippen LogP contribution in [0.15, 0.2) is 30.7 Å². The van der Waals surface area contributed by atoms with E-state index in [2.05, 4.69) is 15.3 Å². The monoisotopic (exact) mass is 304 g/mol. The summed E-state index contributed by atoms with van der Waals surface area (Å²) in [5.74, 6) is 0.559. The van der Waals surface area contributed by atoms with Gasteiger partial charge in [0.05, 0.1) is 31.6 Å². The van der Waals surface area contributed by atoms with Crippen molar-refractivity contribution in [3.63, 3.8) is 0 Å². The van der Waals surface area contributed by atoms with Crippen LogP contribution in [-0.4, -0.2) is 28.0 Å². The first-order valence-corrected chi connectivity index (χ1v) is 6.72. The predicted molar refractivity (Wildman–Crippen MR) is 78.3 cm³/mol. The number of carbonyl (C=O) groups is 1. The molecule has 2 heterocycles. The minimum Gasteiger partial charge on any atom is -0.495 e. The summed E-state index contributed by atoms with van der Waals surface area (Å²) in [6.07, 6.45) is 3.22. The van der Waals surface area contributed by atoms with Crippen LogP contribution in [0.3, 0.4) is 0 Å². The van der Waals surface area contributed by atoms with Crippen LogP contribution in [0, 0.1) is 0 Å². The van der Waals surface area contributed by atoms with Crippen molar-refractivity contribution in [2.45, 2.75) is 13.1 Å². The molecular weight excluding hydrogens is 292 g/mol. The lowest BCUT2D eigenvalue weighted by Gasteiger charge is -2.17. The number of nitrogens with one attached hydrogen (secondary N) is 1. The van der Waals surface area contributed by atoms with Crippen LogP contribution >= 0.6 is 11.6 Å². The van der Waals surface area contributed by atoms with Crippen molar-refractivity contribution in [2.24, 2.45) is 0 Å². The summed E-state index contributed by atoms with van der Waals surface area (Å²) in [5, 5.41) is 3.34. The number of hydrogen-bond acceptors (Lipinski definition) is 4. The summed E-state index contributed by atoms with van der Waals surface area (Å²) in [6, 6.07) is 4.84. The van der Waals surface area contributed by atoms with E-state index in [-0.39, 0.29) is 6.03 Å². The van der Waals surface area contributed by atoms with E-state index < -0.39 is 0 Å². The Balaban J connectivity index is 1.75. The Hall–Kier alpha value is -2.34. The summed E-state index contributed by atoms with van der Waals surface area (Å²) < 4.78 is 5.21. The van der Waals surface area contributed by atoms with Crippen LogP contribution in [0.5, 0.6) is 5.75 Å². The Morgan fingerprint density at radius 1 is 1.43 bits per heavy atom. The maximum absolute atomic E-state index is 12.3. The van der Waals surface area contributed by atoms with Gasteiger partial charge in [-0.1, -0.05) is 11.6 Å². The maximum Gasteiger partial charge on any atom is 0.322 e. The van der Waals surface area contributed by atoms with Crippen molar-refractivity contribution in [2.75, 3.05) is 12.4 Å². The largest absolute Gasteiger partial charge is 0.495 e. The van der Waals surface area contributed by atoms with Crippen LogP contribution in [0.2, 0.25) is 5.02 Å². The summed E-state index contributed by atoms with van der Waals surface area (Å²) in [5.41, 5.74) is 2.38. The van der Waals surface area contributed by atoms with E-state index in [4.69, 9.17) is 16.3 Å². The number of rotatable bonds is 2. The lowest BCUT2D eigenvalue weighted by molar-refractivity contribution is 0.212. The Bertz CT molecular complexity index is 667. The Morgan fingerprint density at radius 3 is 3.05 bits per heavy atom. The average Bonchev–Trinajstić information content (AvgIpc) is 2.91. The summed E-state index contributed by atoms with van der Waals surface area (Å²) in [6.45, 7) is 0.956. The van der Waals surface area contributed by atoms with Gasteiger partial charge in [-0.15, -0.1) is 0 Å². The number of nitrogens with zero attached hydrogens (tertiary/aromatic N) is 3. The van der Waals surface area contributed by atoms with Gasteiger partial charge in [0.15, 0.2) is 0 Å². The van der Waals surface area contributed by atoms with Gasteiger partial charge in [-0.05, 0) is 18.2 Å². The first-order chi connectivity index (χ1) is 10.2. The smallest absolute Gasteiger partial charge is 0.322 e. The molecule has 0 unspecified atom stereocenters. The standard InChI is InChI=1S/C14H13ClN4O2/c1-21-13-3-2-10(15)4-11(13)18-14(20)19-6-9-5-16-8-17-12(9)7-19/h2-5,8H,6-7H2,1H3,(H,18,20). The third kappa shape index (κ3) is 2.75. The molecule has 3 rings (SSSR count). The third-order valence-corrected chi connectivity index (χ3v) is 3.51. The van der Waals surface area contributed by atoms with Crippen LogP contribution in [0.25, 0.3) is 0 Å². The number of carbonyl (C=O) groups excluding carboxylic acids is 1. The molecule has 0 aliphatic carbocycles. The normalized spacial score (nSPS) is 13.0. The summed E-state index contributed by atoms with van der Waals surface area (Å²) in [7, 11) is 1.54. The van der Waals surface area contributed by atoms with Gasteiger partial charge in [0.2, 0.25) is 0 Å². The van der Waals surface area contributed by atoms with Gasteiger partial charge in [0.1, 0.15) is 12.1 Å². The molecule has 1 aromatic heterocycles. The molecule has 2 aromatic rings. The fourth-order valence-corrected chi connectivity index (χ4v) is 2.39. The van der Waals surface area contributed by atoms with Crippen molar-refractivity contribution in [3.8, 4) is 5.75 Å². The zero-order chi connectivity index (χ0) is 14.8. The van der Waals surface area contributed by atoms with Crippen LogP contribution in [0.1, 0.15) is 11.3 Å². The fraction of sp³-hybridized carbons (Fsp3) is 0.214. The minimum absolute atomic E-state index is 0.228. The van der Waals surface area contributed by atoms with E-state index in [1.54, 1.807) is 36.4 Å². The van der Waals surface area contributed by atoms with E-state index in [9.17, 15) is 4.79 Å². The zero-order valence-electron chi connectivity index (χ0n) is 11.3. The number of methoxy groups -OCH3 is 1. The molecule has 0 spiro atoms. The molecule has 0 radical (unpaired) electrons. The number of halogens is 1. The first-order valence-electron chi connectivity index (χ1n) is 6.34. The molecule has 0 atom stereocenters. The van der Waals surface area contributed by atoms with Crippen molar-refractivity contribution in [1.29, 1.82) is 0 Å². The topological polar surface area (TPSA) is 67.3 Å². The van der Waals surface area contributed by atoms with Gasteiger partial charge in [-0.2, -0.15) is 0 Å². The lowest BCUT2D eigenvalue weighted by atomic mass is 10.3. The van der Waals surface area contributed by atoms with Crippen molar-refractivity contribution in [3.05, 3.63) is 47.0 Å². The Morgan fingerprint density at radius 2 is 2.29 bits per heavy atom. The molecular formula is C14H13ClN4O2. The van der Waals surface area contributed by atoms with E-state index in [0.29, 0.717) is 29.5 Å². The second-order valence-corrected chi connectivity index (χ2v) is 5.06. The van der Waals surface area contributed by atoms with Crippen molar-refractivity contribution >= 4 is 23.3 Å². The molecule has 1 aliphatic heterocycles. The molecule has 0 fully saturated rings. The molecule has 7 heteroatoms. The number of amides is 2. The second-order valence-electron chi connectivity index (χ2n) is 4.63. The van der Waals surface area contributed by atoms with Gasteiger partial charge in [0, 0.05) is 16.8 Å². The van der Waals surface area contributed by atoms with Crippen LogP contribution in [-0.2, 0) is 13.1 Å². The van der Waals surface area contributed by atoms with Gasteiger partial charge >= 0.3 is 6.03 Å². The lowest BCUT2D eigenvalue weighted by Crippen LogP contribution is -2.30. The van der Waals surface area contributed by atoms with Gasteiger partial charge in [0.25, 0.3) is 0 Å². The number of benzene rings is 1. The SMILES string of the molecule is COc1ccc(Cl)cc1NC(=O)N1Cc2cncnc2C1. The molecule has 0 saturated heterocycles. The highest BCUT2D eigenvalue weighted by Crippen LogP contribution is 2.29. The van der Waals surface area contributed by atoms with E-state index in [0.717, 1.165) is 11.3 Å². The van der Waals surface area contributed by atoms with Crippen LogP contribution in [0.4, 0.5) is 10.5 Å². The quantitative estimate of drug-likeness (QED) is 0.926. The third-order valence-electron chi connectivity index (χ3n) is 3.27. The van der Waals surface area contributed by atoms with E-state index in [1.165, 1.54) is 6.33 Å². The van der Waals surface area contributed by atoms with Crippen LogP contribution < -0.4 is 10.1 Å². The zero-order valence-corrected chi connectivity index (χ0v) is 12.1. The molecule has 2 amide bonds. The van der Waals surface area contributed by atoms with Gasteiger partial charge in [-0.3, -0.25) is 0 Å². The van der Waals surface area contributed by atoms with Gasteiger partial charge < -0.3 is 15.0 Å². The summed E-state index contributed by atoms with van der Waals surface area (Å²) in [4.78, 5) is 22.1. The number of ether oxygens (including phenoxy) is 1. The number of fused-ring (bicyclic) bond motifs is 1. The molecule has 1 N–H and O–H groups in total. The van der Waals surface area contributed by atoms with E-state index >= 15 is 0 Å². The Kier molecular flexibility index (Phi) is 3.62. The highest BCUT2D eigenvalue weighted by molar-refractivity contribution is 6.31. The predicted octanol–water partition coefficient (Wildman–Crippen LogP) is 2.69. The second kappa shape index (κ2) is 5.57. The van der Waals surface area contributed by atoms with Gasteiger partial charge in [-0.25, -0.2) is 14.8 Å². The highest BCUT2D eigenvalue weighted by atomic mass is 35.5. The maximum atomic E-state index is 12.3. The number of urea groups is 1. The summed E-state index contributed by atoms with van der Waals surface area (Å²) >= 11 is 5.95. The molecule has 0 bridgehead atoms. The van der Waals surface area contributed by atoms with Crippen molar-refractivity contribution in [1.82, 2.24) is 14.9 Å². The molecule has 108 valence electrons. The fourth-order valence-electron chi connectivity index (χ4n) is 2.22. The molecule has 1 aliphatic rings. The van der Waals surface area contributed by atoms with Crippen molar-refractivity contribution < 1.29 is 9.53 Å². The molecule has 1 aromatic carbocycles. The Labute approximate surface area is 126 Å². The average molecular weight is 305 g/mol.